The summed E-state index contributed by atoms with van der Waals surface area (Å²) < 4.78 is 26.4. The Hall–Kier alpha value is -2.12. The van der Waals surface area contributed by atoms with Gasteiger partial charge in [0, 0.05) is 25.5 Å². The molecule has 7 heteroatoms. The summed E-state index contributed by atoms with van der Waals surface area (Å²) in [6.45, 7) is 0.418. The molecule has 0 fully saturated rings. The van der Waals surface area contributed by atoms with E-state index in [0.717, 1.165) is 17.7 Å². The number of nitrogens with zero attached hydrogens (tertiary/aromatic N) is 1. The number of ketones is 1. The van der Waals surface area contributed by atoms with E-state index in [1.807, 2.05) is 35.8 Å². The molecule has 0 aliphatic carbocycles. The van der Waals surface area contributed by atoms with Crippen LogP contribution in [0.5, 0.6) is 0 Å². The van der Waals surface area contributed by atoms with Crippen molar-refractivity contribution in [2.45, 2.75) is 18.9 Å². The molecule has 134 valence electrons. The Labute approximate surface area is 149 Å². The maximum Gasteiger partial charge on any atom is 0.220 e. The summed E-state index contributed by atoms with van der Waals surface area (Å²) in [5.41, 5.74) is 0.915. The SMILES string of the molecule is CN(C)C(CNC(=O)CCC(=O)c1ccc(F)cc1F)c1ccsc1. The molecule has 0 saturated carbocycles. The molecule has 1 amide bonds. The number of halogens is 2. The van der Waals surface area contributed by atoms with E-state index in [1.165, 1.54) is 0 Å². The summed E-state index contributed by atoms with van der Waals surface area (Å²) in [6.07, 6.45) is -0.168. The molecule has 1 aromatic heterocycles. The molecule has 2 rings (SSSR count). The Bertz CT molecular complexity index is 733. The fraction of sp³-hybridized carbons (Fsp3) is 0.333. The normalized spacial score (nSPS) is 12.2. The van der Waals surface area contributed by atoms with Crippen molar-refractivity contribution in [1.29, 1.82) is 0 Å². The van der Waals surface area contributed by atoms with Crippen molar-refractivity contribution in [3.05, 3.63) is 57.8 Å². The highest BCUT2D eigenvalue weighted by Gasteiger charge is 2.17. The van der Waals surface area contributed by atoms with Gasteiger partial charge in [-0.1, -0.05) is 0 Å². The van der Waals surface area contributed by atoms with Crippen molar-refractivity contribution in [2.75, 3.05) is 20.6 Å². The number of benzene rings is 1. The van der Waals surface area contributed by atoms with Gasteiger partial charge < -0.3 is 10.2 Å². The van der Waals surface area contributed by atoms with Gasteiger partial charge in [-0.2, -0.15) is 11.3 Å². The number of amides is 1. The van der Waals surface area contributed by atoms with E-state index in [2.05, 4.69) is 5.32 Å². The van der Waals surface area contributed by atoms with E-state index >= 15 is 0 Å². The predicted octanol–water partition coefficient (Wildman–Crippen LogP) is 3.41. The van der Waals surface area contributed by atoms with Crippen molar-refractivity contribution < 1.29 is 18.4 Å². The first-order valence-electron chi connectivity index (χ1n) is 7.82. The van der Waals surface area contributed by atoms with Gasteiger partial charge in [-0.3, -0.25) is 9.59 Å². The highest BCUT2D eigenvalue weighted by atomic mass is 32.1. The third-order valence-corrected chi connectivity index (χ3v) is 4.56. The molecular formula is C18H20F2N2O2S. The summed E-state index contributed by atoms with van der Waals surface area (Å²) in [5.74, 6) is -2.45. The number of nitrogens with one attached hydrogen (secondary N) is 1. The van der Waals surface area contributed by atoms with E-state index in [4.69, 9.17) is 0 Å². The highest BCUT2D eigenvalue weighted by Crippen LogP contribution is 2.20. The monoisotopic (exact) mass is 366 g/mol. The topological polar surface area (TPSA) is 49.4 Å². The van der Waals surface area contributed by atoms with Gasteiger partial charge in [0.15, 0.2) is 5.78 Å². The Morgan fingerprint density at radius 1 is 1.20 bits per heavy atom. The number of carbonyl (C=O) groups is 2. The summed E-state index contributed by atoms with van der Waals surface area (Å²) in [6, 6.07) is 4.83. The molecule has 0 bridgehead atoms. The fourth-order valence-corrected chi connectivity index (χ4v) is 3.15. The van der Waals surface area contributed by atoms with Crippen molar-refractivity contribution in [2.24, 2.45) is 0 Å². The minimum atomic E-state index is -0.907. The average molecular weight is 366 g/mol. The second kappa shape index (κ2) is 8.82. The zero-order valence-corrected chi connectivity index (χ0v) is 14.9. The van der Waals surface area contributed by atoms with Gasteiger partial charge in [-0.25, -0.2) is 8.78 Å². The molecule has 1 heterocycles. The van der Waals surface area contributed by atoms with Gasteiger partial charge in [-0.05, 0) is 48.6 Å². The molecule has 2 aromatic rings. The van der Waals surface area contributed by atoms with Crippen molar-refractivity contribution in [1.82, 2.24) is 10.2 Å². The number of carbonyl (C=O) groups excluding carboxylic acids is 2. The van der Waals surface area contributed by atoms with Crippen LogP contribution in [0.15, 0.2) is 35.0 Å². The maximum absolute atomic E-state index is 13.6. The molecule has 25 heavy (non-hydrogen) atoms. The first-order valence-corrected chi connectivity index (χ1v) is 8.76. The van der Waals surface area contributed by atoms with Gasteiger partial charge >= 0.3 is 0 Å². The van der Waals surface area contributed by atoms with Crippen LogP contribution >= 0.6 is 11.3 Å². The number of hydrogen-bond donors (Lipinski definition) is 1. The molecule has 0 spiro atoms. The third kappa shape index (κ3) is 5.44. The second-order valence-corrected chi connectivity index (χ2v) is 6.67. The maximum atomic E-state index is 13.6. The van der Waals surface area contributed by atoms with Crippen LogP contribution in [0.3, 0.4) is 0 Å². The van der Waals surface area contributed by atoms with Crippen LogP contribution < -0.4 is 5.32 Å². The lowest BCUT2D eigenvalue weighted by molar-refractivity contribution is -0.121. The van der Waals surface area contributed by atoms with Gasteiger partial charge in [0.2, 0.25) is 5.91 Å². The quantitative estimate of drug-likeness (QED) is 0.729. The third-order valence-electron chi connectivity index (χ3n) is 3.85. The summed E-state index contributed by atoms with van der Waals surface area (Å²) >= 11 is 1.59. The summed E-state index contributed by atoms with van der Waals surface area (Å²) in [4.78, 5) is 25.9. The molecule has 1 atom stereocenters. The van der Waals surface area contributed by atoms with Gasteiger partial charge in [-0.15, -0.1) is 0 Å². The second-order valence-electron chi connectivity index (χ2n) is 5.89. The minimum absolute atomic E-state index is 0.0421. The first kappa shape index (κ1) is 19.2. The standard InChI is InChI=1S/C18H20F2N2O2S/c1-22(2)16(12-7-8-25-11-12)10-21-18(24)6-5-17(23)14-4-3-13(19)9-15(14)20/h3-4,7-9,11,16H,5-6,10H2,1-2H3,(H,21,24). The Morgan fingerprint density at radius 3 is 2.56 bits per heavy atom. The lowest BCUT2D eigenvalue weighted by Crippen LogP contribution is -2.34. The van der Waals surface area contributed by atoms with Crippen LogP contribution in [-0.2, 0) is 4.79 Å². The van der Waals surface area contributed by atoms with Crippen LogP contribution in [0.1, 0.15) is 34.8 Å². The number of likely N-dealkylation sites (N-methyl/N-ethyl adjacent to an activating group) is 1. The molecule has 1 N–H and O–H groups in total. The summed E-state index contributed by atoms with van der Waals surface area (Å²) in [7, 11) is 3.85. The zero-order chi connectivity index (χ0) is 18.4. The predicted molar refractivity (Wildman–Crippen MR) is 93.7 cm³/mol. The van der Waals surface area contributed by atoms with Crippen molar-refractivity contribution in [3.8, 4) is 0 Å². The van der Waals surface area contributed by atoms with E-state index in [0.29, 0.717) is 12.6 Å². The smallest absolute Gasteiger partial charge is 0.220 e. The van der Waals surface area contributed by atoms with Crippen LogP contribution in [-0.4, -0.2) is 37.2 Å². The van der Waals surface area contributed by atoms with Gasteiger partial charge in [0.25, 0.3) is 0 Å². The van der Waals surface area contributed by atoms with Crippen molar-refractivity contribution >= 4 is 23.0 Å². The molecule has 1 unspecified atom stereocenters. The van der Waals surface area contributed by atoms with Crippen LogP contribution in [0, 0.1) is 11.6 Å². The van der Waals surface area contributed by atoms with Crippen LogP contribution in [0.4, 0.5) is 8.78 Å². The van der Waals surface area contributed by atoms with E-state index in [9.17, 15) is 18.4 Å². The van der Waals surface area contributed by atoms with E-state index in [1.54, 1.807) is 11.3 Å². The van der Waals surface area contributed by atoms with E-state index < -0.39 is 17.4 Å². The van der Waals surface area contributed by atoms with Gasteiger partial charge in [0.05, 0.1) is 11.6 Å². The molecule has 1 aromatic carbocycles. The average Bonchev–Trinajstić information content (AvgIpc) is 3.06. The van der Waals surface area contributed by atoms with Crippen LogP contribution in [0.2, 0.25) is 0 Å². The number of rotatable bonds is 8. The molecule has 4 nitrogen and oxygen atoms in total. The van der Waals surface area contributed by atoms with Gasteiger partial charge in [0.1, 0.15) is 11.6 Å². The van der Waals surface area contributed by atoms with Crippen molar-refractivity contribution in [3.63, 3.8) is 0 Å². The summed E-state index contributed by atoms with van der Waals surface area (Å²) in [5, 5.41) is 6.80. The first-order chi connectivity index (χ1) is 11.9. The van der Waals surface area contributed by atoms with E-state index in [-0.39, 0.29) is 30.4 Å². The lowest BCUT2D eigenvalue weighted by Gasteiger charge is -2.24. The Kier molecular flexibility index (Phi) is 6.78. The lowest BCUT2D eigenvalue weighted by atomic mass is 10.1. The zero-order valence-electron chi connectivity index (χ0n) is 14.1. The molecule has 0 aliphatic rings. The largest absolute Gasteiger partial charge is 0.354 e. The Morgan fingerprint density at radius 2 is 1.96 bits per heavy atom. The Balaban J connectivity index is 1.85. The molecule has 0 saturated heterocycles. The highest BCUT2D eigenvalue weighted by molar-refractivity contribution is 7.07. The number of Topliss-reactive ketones (excluding diaryl/α,β-unsaturated/α-hetero) is 1. The van der Waals surface area contributed by atoms with Crippen LogP contribution in [0.25, 0.3) is 0 Å². The number of hydrogen-bond acceptors (Lipinski definition) is 4. The molecular weight excluding hydrogens is 346 g/mol. The fourth-order valence-electron chi connectivity index (χ4n) is 2.44. The molecule has 0 aliphatic heterocycles. The minimum Gasteiger partial charge on any atom is -0.354 e. The molecule has 0 radical (unpaired) electrons. The number of thiophene rings is 1.